The van der Waals surface area contributed by atoms with Crippen LogP contribution in [0.25, 0.3) is 0 Å². The van der Waals surface area contributed by atoms with Crippen LogP contribution >= 0.6 is 0 Å². The molecule has 0 atom stereocenters. The largest absolute Gasteiger partial charge is 0.278 e. The Morgan fingerprint density at radius 3 is 2.67 bits per heavy atom. The lowest BCUT2D eigenvalue weighted by atomic mass is 10.3. The van der Waals surface area contributed by atoms with E-state index in [2.05, 4.69) is 0 Å². The predicted octanol–water partition coefficient (Wildman–Crippen LogP) is 1.21. The smallest absolute Gasteiger partial charge is 0.255 e. The topological polar surface area (TPSA) is 40.9 Å². The van der Waals surface area contributed by atoms with Gasteiger partial charge in [-0.05, 0) is 13.0 Å². The minimum atomic E-state index is -0.520. The molecule has 0 amide bonds. The third-order valence-electron chi connectivity index (χ3n) is 0.661. The third kappa shape index (κ3) is 4.49. The van der Waals surface area contributed by atoms with Gasteiger partial charge in [-0.1, -0.05) is 18.2 Å². The van der Waals surface area contributed by atoms with Crippen molar-refractivity contribution in [2.45, 2.75) is 6.92 Å². The molecule has 9 heavy (non-hydrogen) atoms. The van der Waals surface area contributed by atoms with Crippen molar-refractivity contribution in [3.05, 3.63) is 24.3 Å². The van der Waals surface area contributed by atoms with E-state index in [0.717, 1.165) is 0 Å². The number of ketones is 1. The van der Waals surface area contributed by atoms with Crippen molar-refractivity contribution < 1.29 is 4.79 Å². The number of carbonyl (C=O) groups is 1. The van der Waals surface area contributed by atoms with Crippen LogP contribution < -0.4 is 0 Å². The van der Waals surface area contributed by atoms with Gasteiger partial charge in [-0.3, -0.25) is 4.79 Å². The van der Waals surface area contributed by atoms with Gasteiger partial charge in [0.05, 0.1) is 0 Å². The summed E-state index contributed by atoms with van der Waals surface area (Å²) < 4.78 is 0. The van der Waals surface area contributed by atoms with Crippen LogP contribution in [-0.2, 0) is 4.79 Å². The van der Waals surface area contributed by atoms with Crippen molar-refractivity contribution in [2.24, 2.45) is 0 Å². The molecule has 0 spiro atoms. The Bertz CT molecular complexity index is 184. The van der Waals surface area contributed by atoms with Gasteiger partial charge in [0.15, 0.2) is 0 Å². The summed E-state index contributed by atoms with van der Waals surface area (Å²) in [6.07, 6.45) is 6.22. The Morgan fingerprint density at radius 1 is 1.56 bits per heavy atom. The van der Waals surface area contributed by atoms with E-state index in [1.54, 1.807) is 12.2 Å². The van der Waals surface area contributed by atoms with Gasteiger partial charge in [-0.25, -0.2) is 0 Å². The number of hydrogen-bond donors (Lipinski definition) is 0. The Morgan fingerprint density at radius 2 is 2.22 bits per heavy atom. The van der Waals surface area contributed by atoms with Crippen LogP contribution in [0.15, 0.2) is 24.3 Å². The Balaban J connectivity index is 3.75. The monoisotopic (exact) mass is 121 g/mol. The standard InChI is InChI=1S/C7H7NO/c1-2-3-4-5-7(9)6-8/h2-5H,1H3/b3-2+,5-4+. The van der Waals surface area contributed by atoms with Crippen LogP contribution in [-0.4, -0.2) is 5.78 Å². The second-order valence-electron chi connectivity index (χ2n) is 1.36. The number of carbonyl (C=O) groups excluding carboxylic acids is 1. The maximum atomic E-state index is 10.2. The molecule has 0 unspecified atom stereocenters. The Labute approximate surface area is 54.1 Å². The molecule has 0 aromatic rings. The van der Waals surface area contributed by atoms with Crippen LogP contribution in [0.3, 0.4) is 0 Å². The fourth-order valence-corrected chi connectivity index (χ4v) is 0.291. The van der Waals surface area contributed by atoms with Crippen LogP contribution in [0.4, 0.5) is 0 Å². The first kappa shape index (κ1) is 7.64. The van der Waals surface area contributed by atoms with Gasteiger partial charge in [0, 0.05) is 0 Å². The lowest BCUT2D eigenvalue weighted by molar-refractivity contribution is -0.109. The number of nitriles is 1. The summed E-state index contributed by atoms with van der Waals surface area (Å²) in [5.41, 5.74) is 0. The molecule has 0 bridgehead atoms. The molecular formula is C7H7NO. The average molecular weight is 121 g/mol. The van der Waals surface area contributed by atoms with E-state index in [0.29, 0.717) is 0 Å². The maximum absolute atomic E-state index is 10.2. The van der Waals surface area contributed by atoms with Crippen molar-refractivity contribution in [2.75, 3.05) is 0 Å². The molecule has 0 saturated heterocycles. The quantitative estimate of drug-likeness (QED) is 0.313. The zero-order valence-corrected chi connectivity index (χ0v) is 5.16. The molecular weight excluding hydrogens is 114 g/mol. The van der Waals surface area contributed by atoms with Gasteiger partial charge in [0.25, 0.3) is 5.78 Å². The fraction of sp³-hybridized carbons (Fsp3) is 0.143. The first-order valence-corrected chi connectivity index (χ1v) is 2.54. The number of hydrogen-bond acceptors (Lipinski definition) is 2. The van der Waals surface area contributed by atoms with E-state index in [1.165, 1.54) is 18.2 Å². The van der Waals surface area contributed by atoms with Crippen molar-refractivity contribution in [3.8, 4) is 6.07 Å². The highest BCUT2D eigenvalue weighted by Crippen LogP contribution is 1.76. The zero-order chi connectivity index (χ0) is 7.11. The van der Waals surface area contributed by atoms with E-state index in [-0.39, 0.29) is 0 Å². The SMILES string of the molecule is C/C=C/C=C/C(=O)C#N. The van der Waals surface area contributed by atoms with Crippen LogP contribution in [0, 0.1) is 11.3 Å². The van der Waals surface area contributed by atoms with Gasteiger partial charge >= 0.3 is 0 Å². The summed E-state index contributed by atoms with van der Waals surface area (Å²) in [6, 6.07) is 1.46. The van der Waals surface area contributed by atoms with Gasteiger partial charge < -0.3 is 0 Å². The summed E-state index contributed by atoms with van der Waals surface area (Å²) in [4.78, 5) is 10.2. The van der Waals surface area contributed by atoms with Crippen LogP contribution in [0.2, 0.25) is 0 Å². The average Bonchev–Trinajstić information content (AvgIpc) is 1.89. The first-order chi connectivity index (χ1) is 4.31. The molecule has 0 saturated carbocycles. The predicted molar refractivity (Wildman–Crippen MR) is 34.6 cm³/mol. The molecule has 0 aliphatic heterocycles. The Kier molecular flexibility index (Phi) is 4.07. The lowest BCUT2D eigenvalue weighted by Gasteiger charge is -1.69. The number of nitrogens with zero attached hydrogens (tertiary/aromatic N) is 1. The number of allylic oxidation sites excluding steroid dienone is 4. The van der Waals surface area contributed by atoms with Crippen molar-refractivity contribution in [3.63, 3.8) is 0 Å². The minimum absolute atomic E-state index is 0.520. The highest BCUT2D eigenvalue weighted by atomic mass is 16.1. The van der Waals surface area contributed by atoms with Crippen LogP contribution in [0.1, 0.15) is 6.92 Å². The molecule has 0 aromatic carbocycles. The second-order valence-corrected chi connectivity index (χ2v) is 1.36. The maximum Gasteiger partial charge on any atom is 0.255 e. The van der Waals surface area contributed by atoms with Crippen molar-refractivity contribution in [1.29, 1.82) is 5.26 Å². The number of rotatable bonds is 2. The van der Waals surface area contributed by atoms with E-state index >= 15 is 0 Å². The highest BCUT2D eigenvalue weighted by molar-refractivity contribution is 6.02. The molecule has 0 N–H and O–H groups in total. The van der Waals surface area contributed by atoms with Gasteiger partial charge in [-0.15, -0.1) is 0 Å². The molecule has 46 valence electrons. The lowest BCUT2D eigenvalue weighted by Crippen LogP contribution is -1.81. The molecule has 2 nitrogen and oxygen atoms in total. The summed E-state index contributed by atoms with van der Waals surface area (Å²) in [5, 5.41) is 7.96. The summed E-state index contributed by atoms with van der Waals surface area (Å²) in [5.74, 6) is -0.520. The molecule has 0 aliphatic carbocycles. The molecule has 0 rings (SSSR count). The van der Waals surface area contributed by atoms with E-state index in [9.17, 15) is 4.79 Å². The molecule has 0 aromatic heterocycles. The first-order valence-electron chi connectivity index (χ1n) is 2.54. The molecule has 0 aliphatic rings. The minimum Gasteiger partial charge on any atom is -0.278 e. The summed E-state index contributed by atoms with van der Waals surface area (Å²) in [6.45, 7) is 1.83. The van der Waals surface area contributed by atoms with E-state index in [4.69, 9.17) is 5.26 Å². The molecule has 0 heterocycles. The fourth-order valence-electron chi connectivity index (χ4n) is 0.291. The van der Waals surface area contributed by atoms with Crippen LogP contribution in [0.5, 0.6) is 0 Å². The highest BCUT2D eigenvalue weighted by Gasteiger charge is 1.84. The Hall–Kier alpha value is -1.36. The van der Waals surface area contributed by atoms with Crippen molar-refractivity contribution >= 4 is 5.78 Å². The molecule has 2 heteroatoms. The van der Waals surface area contributed by atoms with Gasteiger partial charge in [0.1, 0.15) is 6.07 Å². The van der Waals surface area contributed by atoms with Crippen molar-refractivity contribution in [1.82, 2.24) is 0 Å². The molecule has 0 radical (unpaired) electrons. The summed E-state index contributed by atoms with van der Waals surface area (Å²) in [7, 11) is 0. The molecule has 0 fully saturated rings. The zero-order valence-electron chi connectivity index (χ0n) is 5.16. The second kappa shape index (κ2) is 4.79. The normalized spacial score (nSPS) is 10.2. The van der Waals surface area contributed by atoms with E-state index < -0.39 is 5.78 Å². The van der Waals surface area contributed by atoms with E-state index in [1.807, 2.05) is 6.92 Å². The van der Waals surface area contributed by atoms with Gasteiger partial charge in [-0.2, -0.15) is 5.26 Å². The summed E-state index contributed by atoms with van der Waals surface area (Å²) >= 11 is 0. The van der Waals surface area contributed by atoms with Gasteiger partial charge in [0.2, 0.25) is 0 Å². The third-order valence-corrected chi connectivity index (χ3v) is 0.661.